The standard InChI is InChI=1S/C26H22F2N4O5S2/c1-14-8-18(29-10-16-4-3-5-21(36-2)23(16)33)11-30-25(14)39(34,35)32-26-31-22(24(28)38-26)15-6-7-19(20(27)9-15)17-12-37-13-17/h3-11,17,33H,12-13H2,1-2H3,(H,31,32)/b29-10+. The number of ether oxygens (including phenoxy) is 2. The molecule has 4 aromatic rings. The third kappa shape index (κ3) is 5.46. The minimum absolute atomic E-state index is 0.0384. The van der Waals surface area contributed by atoms with E-state index in [4.69, 9.17) is 9.47 Å². The van der Waals surface area contributed by atoms with Gasteiger partial charge in [-0.25, -0.2) is 14.4 Å². The van der Waals surface area contributed by atoms with Gasteiger partial charge in [-0.05, 0) is 42.3 Å². The molecular formula is C26H22F2N4O5S2. The molecule has 2 N–H and O–H groups in total. The van der Waals surface area contributed by atoms with Gasteiger partial charge in [0.2, 0.25) is 5.13 Å². The maximum absolute atomic E-state index is 14.7. The zero-order valence-electron chi connectivity index (χ0n) is 20.7. The number of thiazole rings is 1. The van der Waals surface area contributed by atoms with Crippen LogP contribution in [-0.4, -0.2) is 50.0 Å². The lowest BCUT2D eigenvalue weighted by atomic mass is 9.95. The predicted octanol–water partition coefficient (Wildman–Crippen LogP) is 5.17. The van der Waals surface area contributed by atoms with Crippen LogP contribution in [0.15, 0.2) is 58.7 Å². The molecule has 0 aliphatic carbocycles. The second kappa shape index (κ2) is 10.7. The van der Waals surface area contributed by atoms with Crippen molar-refractivity contribution >= 4 is 38.4 Å². The highest BCUT2D eigenvalue weighted by molar-refractivity contribution is 7.92. The molecule has 1 saturated heterocycles. The maximum atomic E-state index is 14.7. The van der Waals surface area contributed by atoms with Gasteiger partial charge >= 0.3 is 0 Å². The Morgan fingerprint density at radius 1 is 1.23 bits per heavy atom. The molecule has 1 aliphatic heterocycles. The number of rotatable bonds is 8. The van der Waals surface area contributed by atoms with Crippen molar-refractivity contribution in [1.29, 1.82) is 0 Å². The van der Waals surface area contributed by atoms with E-state index < -0.39 is 21.0 Å². The Bertz CT molecular complexity index is 1690. The molecule has 13 heteroatoms. The van der Waals surface area contributed by atoms with Gasteiger partial charge in [0.1, 0.15) is 11.5 Å². The van der Waals surface area contributed by atoms with Crippen molar-refractivity contribution in [1.82, 2.24) is 9.97 Å². The summed E-state index contributed by atoms with van der Waals surface area (Å²) in [4.78, 5) is 12.3. The first-order chi connectivity index (χ1) is 18.7. The molecule has 2 aromatic heterocycles. The number of methoxy groups -OCH3 is 1. The number of nitrogens with one attached hydrogen (secondary N) is 1. The molecule has 0 bridgehead atoms. The van der Waals surface area contributed by atoms with E-state index in [0.29, 0.717) is 41.4 Å². The number of phenolic OH excluding ortho intramolecular Hbond substituents is 1. The number of anilines is 1. The highest BCUT2D eigenvalue weighted by Gasteiger charge is 2.26. The molecule has 0 atom stereocenters. The van der Waals surface area contributed by atoms with Crippen molar-refractivity contribution in [2.75, 3.05) is 25.0 Å². The second-order valence-corrected chi connectivity index (χ2v) is 11.2. The molecule has 3 heterocycles. The van der Waals surface area contributed by atoms with Crippen molar-refractivity contribution in [3.8, 4) is 22.8 Å². The van der Waals surface area contributed by atoms with E-state index in [9.17, 15) is 22.3 Å². The van der Waals surface area contributed by atoms with Crippen molar-refractivity contribution < 1.29 is 31.8 Å². The summed E-state index contributed by atoms with van der Waals surface area (Å²) in [6, 6.07) is 10.7. The number of phenols is 1. The average Bonchev–Trinajstić information content (AvgIpc) is 3.22. The van der Waals surface area contributed by atoms with E-state index in [1.807, 2.05) is 0 Å². The van der Waals surface area contributed by atoms with E-state index in [-0.39, 0.29) is 44.4 Å². The van der Waals surface area contributed by atoms with Gasteiger partial charge in [0.15, 0.2) is 21.7 Å². The van der Waals surface area contributed by atoms with Gasteiger partial charge in [0.25, 0.3) is 10.0 Å². The van der Waals surface area contributed by atoms with Gasteiger partial charge in [-0.3, -0.25) is 9.71 Å². The Morgan fingerprint density at radius 3 is 2.69 bits per heavy atom. The van der Waals surface area contributed by atoms with Crippen LogP contribution in [0.4, 0.5) is 19.6 Å². The number of aliphatic imine (C=N–C) groups is 1. The molecule has 0 spiro atoms. The van der Waals surface area contributed by atoms with Gasteiger partial charge in [-0.15, -0.1) is 0 Å². The summed E-state index contributed by atoms with van der Waals surface area (Å²) >= 11 is 0.486. The van der Waals surface area contributed by atoms with Crippen LogP contribution in [0.2, 0.25) is 0 Å². The average molecular weight is 573 g/mol. The van der Waals surface area contributed by atoms with Gasteiger partial charge in [0.05, 0.1) is 32.2 Å². The van der Waals surface area contributed by atoms with Gasteiger partial charge in [0, 0.05) is 23.3 Å². The van der Waals surface area contributed by atoms with Crippen molar-refractivity contribution in [2.24, 2.45) is 4.99 Å². The largest absolute Gasteiger partial charge is 0.504 e. The van der Waals surface area contributed by atoms with Crippen molar-refractivity contribution in [2.45, 2.75) is 17.9 Å². The molecule has 0 unspecified atom stereocenters. The molecule has 0 amide bonds. The first-order valence-corrected chi connectivity index (χ1v) is 13.9. The third-order valence-corrected chi connectivity index (χ3v) is 8.32. The van der Waals surface area contributed by atoms with Crippen LogP contribution in [-0.2, 0) is 14.8 Å². The zero-order valence-corrected chi connectivity index (χ0v) is 22.3. The first-order valence-electron chi connectivity index (χ1n) is 11.6. The predicted molar refractivity (Wildman–Crippen MR) is 143 cm³/mol. The van der Waals surface area contributed by atoms with Gasteiger partial charge in [-0.2, -0.15) is 12.8 Å². The van der Waals surface area contributed by atoms with E-state index in [1.54, 1.807) is 30.3 Å². The van der Waals surface area contributed by atoms with Gasteiger partial charge < -0.3 is 14.6 Å². The number of hydrogen-bond donors (Lipinski definition) is 2. The second-order valence-electron chi connectivity index (χ2n) is 8.69. The number of sulfonamides is 1. The van der Waals surface area contributed by atoms with Crippen LogP contribution >= 0.6 is 11.3 Å². The Morgan fingerprint density at radius 2 is 2.03 bits per heavy atom. The summed E-state index contributed by atoms with van der Waals surface area (Å²) in [7, 11) is -2.80. The summed E-state index contributed by atoms with van der Waals surface area (Å²) in [5.41, 5.74) is 1.53. The number of halogens is 2. The molecule has 0 radical (unpaired) electrons. The number of hydrogen-bond acceptors (Lipinski definition) is 9. The number of aryl methyl sites for hydroxylation is 1. The van der Waals surface area contributed by atoms with E-state index in [0.717, 1.165) is 0 Å². The lowest BCUT2D eigenvalue weighted by Crippen LogP contribution is -2.25. The molecule has 0 saturated carbocycles. The lowest BCUT2D eigenvalue weighted by molar-refractivity contribution is 0.00704. The Kier molecular flexibility index (Phi) is 7.30. The molecule has 39 heavy (non-hydrogen) atoms. The Labute approximate surface area is 226 Å². The summed E-state index contributed by atoms with van der Waals surface area (Å²) in [5, 5.41) is 8.91. The zero-order chi connectivity index (χ0) is 27.7. The summed E-state index contributed by atoms with van der Waals surface area (Å²) in [5.74, 6) is -0.338. The highest BCUT2D eigenvalue weighted by atomic mass is 32.2. The first kappa shape index (κ1) is 26.7. The monoisotopic (exact) mass is 572 g/mol. The smallest absolute Gasteiger partial charge is 0.281 e. The number of nitrogens with zero attached hydrogens (tertiary/aromatic N) is 3. The minimum atomic E-state index is -4.23. The van der Waals surface area contributed by atoms with Crippen LogP contribution in [0, 0.1) is 17.9 Å². The van der Waals surface area contributed by atoms with Crippen LogP contribution in [0.3, 0.4) is 0 Å². The fourth-order valence-electron chi connectivity index (χ4n) is 3.96. The lowest BCUT2D eigenvalue weighted by Gasteiger charge is -2.26. The molecule has 9 nitrogen and oxygen atoms in total. The SMILES string of the molecule is COc1cccc(/C=N/c2cnc(S(=O)(=O)Nc3nc(-c4ccc(C5COC5)c(F)c4)c(F)s3)c(C)c2)c1O. The van der Waals surface area contributed by atoms with Crippen molar-refractivity contribution in [3.05, 3.63) is 76.3 Å². The molecule has 1 fully saturated rings. The summed E-state index contributed by atoms with van der Waals surface area (Å²) in [6.45, 7) is 2.40. The van der Waals surface area contributed by atoms with Crippen molar-refractivity contribution in [3.63, 3.8) is 0 Å². The normalized spacial score (nSPS) is 13.9. The topological polar surface area (TPSA) is 123 Å². The molecule has 2 aromatic carbocycles. The third-order valence-electron chi connectivity index (χ3n) is 6.03. The minimum Gasteiger partial charge on any atom is -0.504 e. The Balaban J connectivity index is 1.34. The van der Waals surface area contributed by atoms with Crippen LogP contribution in [0.25, 0.3) is 11.3 Å². The number of benzene rings is 2. The number of para-hydroxylation sites is 1. The quantitative estimate of drug-likeness (QED) is 0.279. The summed E-state index contributed by atoms with van der Waals surface area (Å²) in [6.07, 6.45) is 2.65. The summed E-state index contributed by atoms with van der Waals surface area (Å²) < 4.78 is 67.7. The van der Waals surface area contributed by atoms with Crippen LogP contribution in [0.1, 0.15) is 22.6 Å². The van der Waals surface area contributed by atoms with E-state index in [2.05, 4.69) is 19.7 Å². The molecule has 5 rings (SSSR count). The highest BCUT2D eigenvalue weighted by Crippen LogP contribution is 2.34. The van der Waals surface area contributed by atoms with Crippen LogP contribution in [0.5, 0.6) is 11.5 Å². The molecular weight excluding hydrogens is 550 g/mol. The number of aromatic nitrogens is 2. The number of pyridine rings is 1. The Hall–Kier alpha value is -3.94. The van der Waals surface area contributed by atoms with Gasteiger partial charge in [-0.1, -0.05) is 29.5 Å². The van der Waals surface area contributed by atoms with E-state index >= 15 is 0 Å². The molecule has 202 valence electrons. The molecule has 1 aliphatic rings. The van der Waals surface area contributed by atoms with E-state index in [1.165, 1.54) is 38.6 Å². The fourth-order valence-corrected chi connectivity index (χ4v) is 6.07. The fraction of sp³-hybridized carbons (Fsp3) is 0.192. The number of aromatic hydroxyl groups is 1. The van der Waals surface area contributed by atoms with Crippen LogP contribution < -0.4 is 9.46 Å². The maximum Gasteiger partial charge on any atom is 0.281 e.